The van der Waals surface area contributed by atoms with Crippen LogP contribution in [-0.4, -0.2) is 30.7 Å². The first kappa shape index (κ1) is 17.8. The highest BCUT2D eigenvalue weighted by molar-refractivity contribution is 6.32. The monoisotopic (exact) mass is 373 g/mol. The number of fused-ring (bicyclic) bond motifs is 1. The van der Waals surface area contributed by atoms with Crippen LogP contribution in [0.5, 0.6) is 11.5 Å². The number of carbonyl (C=O) groups excluding carboxylic acids is 1. The number of nitrogens with zero attached hydrogens (tertiary/aromatic N) is 1. The van der Waals surface area contributed by atoms with Crippen LogP contribution in [0.4, 0.5) is 5.69 Å². The average Bonchev–Trinajstić information content (AvgIpc) is 3.10. The lowest BCUT2D eigenvalue weighted by Gasteiger charge is -2.08. The van der Waals surface area contributed by atoms with E-state index < -0.39 is 5.97 Å². The van der Waals surface area contributed by atoms with E-state index in [0.717, 1.165) is 0 Å². The van der Waals surface area contributed by atoms with Crippen molar-refractivity contribution in [3.8, 4) is 11.5 Å². The standard InChI is InChI=1S/C19H16ClNO5/c1-2-24-19(23)14(18(22)13-5-3-4-6-15(13)20)10-21-12-7-8-16-17(9-12)26-11-25-16/h3-10,22H,2,11H2,1H3. The maximum atomic E-state index is 12.3. The molecule has 6 nitrogen and oxygen atoms in total. The van der Waals surface area contributed by atoms with Crippen LogP contribution in [0, 0.1) is 0 Å². The quantitative estimate of drug-likeness (QED) is 0.366. The zero-order valence-corrected chi connectivity index (χ0v) is 14.7. The van der Waals surface area contributed by atoms with Crippen LogP contribution in [0.3, 0.4) is 0 Å². The molecule has 2 aromatic rings. The Morgan fingerprint density at radius 2 is 2.04 bits per heavy atom. The van der Waals surface area contributed by atoms with E-state index in [0.29, 0.717) is 27.8 Å². The minimum absolute atomic E-state index is 0.0994. The van der Waals surface area contributed by atoms with Crippen molar-refractivity contribution in [1.29, 1.82) is 0 Å². The molecule has 26 heavy (non-hydrogen) atoms. The number of halogens is 1. The smallest absolute Gasteiger partial charge is 0.343 e. The molecule has 0 aliphatic carbocycles. The second-order valence-electron chi connectivity index (χ2n) is 5.26. The molecule has 0 bridgehead atoms. The third kappa shape index (κ3) is 3.81. The van der Waals surface area contributed by atoms with E-state index in [4.69, 9.17) is 25.8 Å². The summed E-state index contributed by atoms with van der Waals surface area (Å²) in [6.45, 7) is 2.00. The fourth-order valence-electron chi connectivity index (χ4n) is 2.32. The largest absolute Gasteiger partial charge is 0.506 e. The topological polar surface area (TPSA) is 77.4 Å². The van der Waals surface area contributed by atoms with Crippen LogP contribution in [0.1, 0.15) is 12.5 Å². The summed E-state index contributed by atoms with van der Waals surface area (Å²) in [5.41, 5.74) is 0.745. The van der Waals surface area contributed by atoms with Gasteiger partial charge in [-0.15, -0.1) is 0 Å². The van der Waals surface area contributed by atoms with Crippen LogP contribution in [0.25, 0.3) is 5.76 Å². The van der Waals surface area contributed by atoms with Gasteiger partial charge in [0.2, 0.25) is 6.79 Å². The van der Waals surface area contributed by atoms with Crippen molar-refractivity contribution in [3.63, 3.8) is 0 Å². The Labute approximate surface area is 155 Å². The van der Waals surface area contributed by atoms with Crippen molar-refractivity contribution in [2.24, 2.45) is 4.99 Å². The highest BCUT2D eigenvalue weighted by Gasteiger charge is 2.18. The average molecular weight is 374 g/mol. The minimum Gasteiger partial charge on any atom is -0.506 e. The SMILES string of the molecule is CCOC(=O)C(C=Nc1ccc2c(c1)OCO2)=C(O)c1ccccc1Cl. The lowest BCUT2D eigenvalue weighted by Crippen LogP contribution is -2.11. The highest BCUT2D eigenvalue weighted by atomic mass is 35.5. The Morgan fingerprint density at radius 1 is 1.27 bits per heavy atom. The van der Waals surface area contributed by atoms with Crippen molar-refractivity contribution in [2.75, 3.05) is 13.4 Å². The van der Waals surface area contributed by atoms with Crippen molar-refractivity contribution in [1.82, 2.24) is 0 Å². The van der Waals surface area contributed by atoms with Crippen LogP contribution in [-0.2, 0) is 9.53 Å². The number of ether oxygens (including phenoxy) is 3. The van der Waals surface area contributed by atoms with Gasteiger partial charge in [-0.2, -0.15) is 0 Å². The number of hydrogen-bond acceptors (Lipinski definition) is 6. The van der Waals surface area contributed by atoms with E-state index in [1.165, 1.54) is 6.21 Å². The zero-order valence-electron chi connectivity index (χ0n) is 13.9. The molecule has 7 heteroatoms. The maximum absolute atomic E-state index is 12.3. The van der Waals surface area contributed by atoms with Crippen molar-refractivity contribution in [2.45, 2.75) is 6.92 Å². The predicted octanol–water partition coefficient (Wildman–Crippen LogP) is 4.30. The lowest BCUT2D eigenvalue weighted by atomic mass is 10.1. The van der Waals surface area contributed by atoms with Crippen LogP contribution in [0.15, 0.2) is 53.0 Å². The molecule has 0 spiro atoms. The number of rotatable bonds is 5. The van der Waals surface area contributed by atoms with Gasteiger partial charge in [-0.25, -0.2) is 4.79 Å². The predicted molar refractivity (Wildman–Crippen MR) is 98.4 cm³/mol. The van der Waals surface area contributed by atoms with Gasteiger partial charge in [-0.05, 0) is 31.2 Å². The summed E-state index contributed by atoms with van der Waals surface area (Å²) in [6.07, 6.45) is 1.24. The second-order valence-corrected chi connectivity index (χ2v) is 5.67. The lowest BCUT2D eigenvalue weighted by molar-refractivity contribution is -0.137. The molecule has 134 valence electrons. The van der Waals surface area contributed by atoms with Crippen LogP contribution in [0.2, 0.25) is 5.02 Å². The molecule has 1 aliphatic rings. The molecule has 0 amide bonds. The molecule has 2 aromatic carbocycles. The summed E-state index contributed by atoms with van der Waals surface area (Å²) in [7, 11) is 0. The summed E-state index contributed by atoms with van der Waals surface area (Å²) >= 11 is 6.10. The molecule has 1 heterocycles. The van der Waals surface area contributed by atoms with Gasteiger partial charge in [0.1, 0.15) is 11.3 Å². The third-order valence-electron chi connectivity index (χ3n) is 3.58. The van der Waals surface area contributed by atoms with Crippen LogP contribution >= 0.6 is 11.6 Å². The van der Waals surface area contributed by atoms with E-state index in [-0.39, 0.29) is 24.7 Å². The second kappa shape index (κ2) is 7.93. The summed E-state index contributed by atoms with van der Waals surface area (Å²) < 4.78 is 15.6. The molecule has 0 atom stereocenters. The molecule has 0 fully saturated rings. The Hall–Kier alpha value is -2.99. The van der Waals surface area contributed by atoms with Gasteiger partial charge in [0, 0.05) is 17.8 Å². The first-order chi connectivity index (χ1) is 12.6. The van der Waals surface area contributed by atoms with E-state index in [1.807, 2.05) is 0 Å². The molecule has 0 aromatic heterocycles. The zero-order chi connectivity index (χ0) is 18.5. The molecular weight excluding hydrogens is 358 g/mol. The van der Waals surface area contributed by atoms with E-state index >= 15 is 0 Å². The van der Waals surface area contributed by atoms with Crippen molar-refractivity contribution < 1.29 is 24.1 Å². The Morgan fingerprint density at radius 3 is 2.81 bits per heavy atom. The third-order valence-corrected chi connectivity index (χ3v) is 3.91. The molecule has 0 saturated heterocycles. The van der Waals surface area contributed by atoms with Gasteiger partial charge in [0.15, 0.2) is 11.5 Å². The van der Waals surface area contributed by atoms with Gasteiger partial charge >= 0.3 is 5.97 Å². The fourth-order valence-corrected chi connectivity index (χ4v) is 2.55. The summed E-state index contributed by atoms with van der Waals surface area (Å²) in [4.78, 5) is 16.5. The number of benzene rings is 2. The van der Waals surface area contributed by atoms with E-state index in [9.17, 15) is 9.90 Å². The first-order valence-corrected chi connectivity index (χ1v) is 8.27. The minimum atomic E-state index is -0.700. The maximum Gasteiger partial charge on any atom is 0.343 e. The number of esters is 1. The van der Waals surface area contributed by atoms with Gasteiger partial charge in [0.05, 0.1) is 17.3 Å². The molecule has 0 unspecified atom stereocenters. The van der Waals surface area contributed by atoms with Crippen molar-refractivity contribution in [3.05, 3.63) is 58.6 Å². The van der Waals surface area contributed by atoms with Gasteiger partial charge in [0.25, 0.3) is 0 Å². The Kier molecular flexibility index (Phi) is 5.43. The van der Waals surface area contributed by atoms with Gasteiger partial charge in [-0.1, -0.05) is 23.7 Å². The summed E-state index contributed by atoms with van der Waals surface area (Å²) in [5.74, 6) is 0.189. The number of aliphatic hydroxyl groups is 1. The van der Waals surface area contributed by atoms with Crippen LogP contribution < -0.4 is 9.47 Å². The van der Waals surface area contributed by atoms with E-state index in [2.05, 4.69) is 4.99 Å². The number of carbonyl (C=O) groups is 1. The summed E-state index contributed by atoms with van der Waals surface area (Å²) in [6, 6.07) is 11.7. The molecule has 3 rings (SSSR count). The van der Waals surface area contributed by atoms with Gasteiger partial charge in [-0.3, -0.25) is 4.99 Å². The molecular formula is C19H16ClNO5. The number of aliphatic imine (C=N–C) groups is 1. The Bertz CT molecular complexity index is 891. The molecule has 1 N–H and O–H groups in total. The molecule has 0 saturated carbocycles. The molecule has 0 radical (unpaired) electrons. The number of hydrogen-bond donors (Lipinski definition) is 1. The number of aliphatic hydroxyl groups excluding tert-OH is 1. The normalized spacial score (nSPS) is 13.6. The summed E-state index contributed by atoms with van der Waals surface area (Å²) in [5, 5.41) is 10.9. The first-order valence-electron chi connectivity index (χ1n) is 7.89. The van der Waals surface area contributed by atoms with E-state index in [1.54, 1.807) is 49.4 Å². The highest BCUT2D eigenvalue weighted by Crippen LogP contribution is 2.35. The fraction of sp³-hybridized carbons (Fsp3) is 0.158. The van der Waals surface area contributed by atoms with Gasteiger partial charge < -0.3 is 19.3 Å². The van der Waals surface area contributed by atoms with Crippen molar-refractivity contribution >= 4 is 35.2 Å². The Balaban J connectivity index is 1.98. The molecule has 1 aliphatic heterocycles.